The summed E-state index contributed by atoms with van der Waals surface area (Å²) < 4.78 is 27.5. The highest BCUT2D eigenvalue weighted by atomic mass is 35.5. The van der Waals surface area contributed by atoms with Crippen molar-refractivity contribution in [1.29, 1.82) is 0 Å². The number of carbonyl (C=O) groups is 1. The van der Waals surface area contributed by atoms with Crippen LogP contribution < -0.4 is 0 Å². The van der Waals surface area contributed by atoms with E-state index in [-0.39, 0.29) is 18.2 Å². The minimum Gasteiger partial charge on any atom is -0.330 e. The minimum absolute atomic E-state index is 0.0631. The summed E-state index contributed by atoms with van der Waals surface area (Å²) in [7, 11) is -3.41. The van der Waals surface area contributed by atoms with E-state index in [0.717, 1.165) is 4.88 Å². The summed E-state index contributed by atoms with van der Waals surface area (Å²) in [5.41, 5.74) is 0.475. The Morgan fingerprint density at radius 1 is 1.44 bits per heavy atom. The first kappa shape index (κ1) is 17.9. The number of carbonyl (C=O) groups excluding carboxylic acids is 1. The second-order valence-electron chi connectivity index (χ2n) is 5.53. The Balaban J connectivity index is 1.80. The monoisotopic (exact) mass is 397 g/mol. The van der Waals surface area contributed by atoms with Crippen LogP contribution in [0.1, 0.15) is 4.88 Å². The molecule has 6 nitrogen and oxygen atoms in total. The van der Waals surface area contributed by atoms with Crippen LogP contribution in [-0.2, 0) is 21.4 Å². The Morgan fingerprint density at radius 3 is 2.92 bits per heavy atom. The number of hydrogen-bond acceptors (Lipinski definition) is 5. The lowest BCUT2D eigenvalue weighted by Crippen LogP contribution is -2.39. The number of nitrogens with zero attached hydrogens (tertiary/aromatic N) is 3. The van der Waals surface area contributed by atoms with Gasteiger partial charge in [0.25, 0.3) is 15.9 Å². The first-order valence-corrected chi connectivity index (χ1v) is 10.3. The molecule has 1 aromatic heterocycles. The third-order valence-electron chi connectivity index (χ3n) is 3.68. The van der Waals surface area contributed by atoms with Gasteiger partial charge >= 0.3 is 0 Å². The fraction of sp³-hybridized carbons (Fsp3) is 0.250. The van der Waals surface area contributed by atoms with Gasteiger partial charge in [-0.3, -0.25) is 4.79 Å². The smallest absolute Gasteiger partial charge is 0.256 e. The molecule has 0 bridgehead atoms. The fourth-order valence-corrected chi connectivity index (χ4v) is 4.58. The molecule has 0 unspecified atom stereocenters. The number of hydrogen-bond donors (Lipinski definition) is 0. The molecule has 0 atom stereocenters. The maximum Gasteiger partial charge on any atom is 0.256 e. The second kappa shape index (κ2) is 7.15. The van der Waals surface area contributed by atoms with E-state index in [9.17, 15) is 13.2 Å². The summed E-state index contributed by atoms with van der Waals surface area (Å²) in [4.78, 5) is 17.2. The van der Waals surface area contributed by atoms with E-state index in [1.54, 1.807) is 40.3 Å². The highest BCUT2D eigenvalue weighted by molar-refractivity contribution is 7.90. The average Bonchev–Trinajstić information content (AvgIpc) is 2.97. The molecular formula is C16H16ClN3O3S2. The van der Waals surface area contributed by atoms with Gasteiger partial charge in [0.2, 0.25) is 0 Å². The van der Waals surface area contributed by atoms with Crippen LogP contribution in [0.25, 0.3) is 0 Å². The maximum absolute atomic E-state index is 12.8. The Kier molecular flexibility index (Phi) is 5.12. The number of rotatable bonds is 5. The van der Waals surface area contributed by atoms with Crippen molar-refractivity contribution in [3.63, 3.8) is 0 Å². The SMILES string of the molecule is C=CCN(Cc1ccc(Cl)s1)C(=O)C1=CN2CCS(=O)(=O)N=C2C=C1. The van der Waals surface area contributed by atoms with Crippen LogP contribution in [-0.4, -0.2) is 48.8 Å². The Morgan fingerprint density at radius 2 is 2.24 bits per heavy atom. The molecule has 3 rings (SSSR count). The topological polar surface area (TPSA) is 70.1 Å². The van der Waals surface area contributed by atoms with Crippen molar-refractivity contribution in [2.45, 2.75) is 6.54 Å². The second-order valence-corrected chi connectivity index (χ2v) is 9.08. The van der Waals surface area contributed by atoms with Gasteiger partial charge < -0.3 is 9.80 Å². The molecule has 0 saturated carbocycles. The Labute approximate surface area is 155 Å². The third-order valence-corrected chi connectivity index (χ3v) is 6.06. The van der Waals surface area contributed by atoms with Gasteiger partial charge in [-0.2, -0.15) is 0 Å². The van der Waals surface area contributed by atoms with E-state index in [1.807, 2.05) is 6.07 Å². The molecule has 1 amide bonds. The van der Waals surface area contributed by atoms with E-state index in [0.29, 0.717) is 28.8 Å². The fourth-order valence-electron chi connectivity index (χ4n) is 2.51. The first-order chi connectivity index (χ1) is 11.9. The Hall–Kier alpha value is -1.90. The molecule has 2 aliphatic heterocycles. The molecular weight excluding hydrogens is 382 g/mol. The van der Waals surface area contributed by atoms with Gasteiger partial charge in [0.05, 0.1) is 22.2 Å². The number of fused-ring (bicyclic) bond motifs is 1. The van der Waals surface area contributed by atoms with Crippen LogP contribution in [0.15, 0.2) is 53.1 Å². The molecule has 132 valence electrons. The molecule has 9 heteroatoms. The summed E-state index contributed by atoms with van der Waals surface area (Å²) in [6, 6.07) is 3.69. The van der Waals surface area contributed by atoms with Gasteiger partial charge in [0.15, 0.2) is 0 Å². The van der Waals surface area contributed by atoms with Crippen molar-refractivity contribution in [1.82, 2.24) is 9.80 Å². The molecule has 2 aliphatic rings. The summed E-state index contributed by atoms with van der Waals surface area (Å²) in [6.07, 6.45) is 6.46. The zero-order valence-electron chi connectivity index (χ0n) is 13.3. The summed E-state index contributed by atoms with van der Waals surface area (Å²) in [5.74, 6) is 0.114. The van der Waals surface area contributed by atoms with Gasteiger partial charge in [0.1, 0.15) is 5.84 Å². The van der Waals surface area contributed by atoms with Crippen molar-refractivity contribution < 1.29 is 13.2 Å². The molecule has 0 saturated heterocycles. The highest BCUT2D eigenvalue weighted by Gasteiger charge is 2.26. The third kappa shape index (κ3) is 4.20. The zero-order chi connectivity index (χ0) is 18.0. The van der Waals surface area contributed by atoms with Crippen molar-refractivity contribution in [2.24, 2.45) is 4.40 Å². The van der Waals surface area contributed by atoms with Crippen molar-refractivity contribution in [3.8, 4) is 0 Å². The molecule has 0 N–H and O–H groups in total. The van der Waals surface area contributed by atoms with Crippen LogP contribution in [0.5, 0.6) is 0 Å². The number of amidine groups is 1. The van der Waals surface area contributed by atoms with Gasteiger partial charge in [-0.1, -0.05) is 17.7 Å². The average molecular weight is 398 g/mol. The lowest BCUT2D eigenvalue weighted by Gasteiger charge is -2.28. The van der Waals surface area contributed by atoms with Crippen LogP contribution in [0, 0.1) is 0 Å². The summed E-state index contributed by atoms with van der Waals surface area (Å²) >= 11 is 7.38. The van der Waals surface area contributed by atoms with Gasteiger partial charge in [-0.25, -0.2) is 8.42 Å². The number of halogens is 1. The van der Waals surface area contributed by atoms with Crippen molar-refractivity contribution in [3.05, 3.63) is 57.9 Å². The molecule has 3 heterocycles. The Bertz CT molecular complexity index is 899. The van der Waals surface area contributed by atoms with Crippen LogP contribution in [0.2, 0.25) is 4.34 Å². The number of amides is 1. The normalized spacial score (nSPS) is 18.2. The highest BCUT2D eigenvalue weighted by Crippen LogP contribution is 2.24. The van der Waals surface area contributed by atoms with E-state index in [2.05, 4.69) is 11.0 Å². The van der Waals surface area contributed by atoms with E-state index in [4.69, 9.17) is 11.6 Å². The summed E-state index contributed by atoms with van der Waals surface area (Å²) in [5, 5.41) is 0. The van der Waals surface area contributed by atoms with Crippen LogP contribution in [0.4, 0.5) is 0 Å². The first-order valence-electron chi connectivity index (χ1n) is 7.51. The van der Waals surface area contributed by atoms with Gasteiger partial charge in [-0.15, -0.1) is 22.3 Å². The number of sulfonamides is 1. The van der Waals surface area contributed by atoms with E-state index in [1.165, 1.54) is 11.3 Å². The lowest BCUT2D eigenvalue weighted by molar-refractivity contribution is -0.126. The zero-order valence-corrected chi connectivity index (χ0v) is 15.6. The number of thiophene rings is 1. The molecule has 0 aromatic carbocycles. The summed E-state index contributed by atoms with van der Waals surface area (Å²) in [6.45, 7) is 4.82. The maximum atomic E-state index is 12.8. The molecule has 0 radical (unpaired) electrons. The van der Waals surface area contributed by atoms with E-state index < -0.39 is 10.0 Å². The van der Waals surface area contributed by atoms with Gasteiger partial charge in [-0.05, 0) is 24.3 Å². The predicted molar refractivity (Wildman–Crippen MR) is 100 cm³/mol. The molecule has 25 heavy (non-hydrogen) atoms. The van der Waals surface area contributed by atoms with Gasteiger partial charge in [0, 0.05) is 24.2 Å². The quantitative estimate of drug-likeness (QED) is 0.715. The van der Waals surface area contributed by atoms with Crippen molar-refractivity contribution >= 4 is 44.7 Å². The predicted octanol–water partition coefficient (Wildman–Crippen LogP) is 2.41. The molecule has 0 aliphatic carbocycles. The lowest BCUT2D eigenvalue weighted by atomic mass is 10.1. The van der Waals surface area contributed by atoms with Crippen LogP contribution >= 0.6 is 22.9 Å². The van der Waals surface area contributed by atoms with Crippen LogP contribution in [0.3, 0.4) is 0 Å². The standard InChI is InChI=1S/C16H16ClN3O3S2/c1-2-7-20(11-13-4-5-14(17)24-13)16(21)12-3-6-15-18-25(22,23)9-8-19(15)10-12/h2-6,10H,1,7-9,11H2. The minimum atomic E-state index is -3.41. The molecule has 0 fully saturated rings. The molecule has 0 spiro atoms. The van der Waals surface area contributed by atoms with Crippen molar-refractivity contribution in [2.75, 3.05) is 18.8 Å². The molecule has 1 aromatic rings. The largest absolute Gasteiger partial charge is 0.330 e. The van der Waals surface area contributed by atoms with E-state index >= 15 is 0 Å².